The van der Waals surface area contributed by atoms with Crippen LogP contribution in [0, 0.1) is 11.8 Å². The summed E-state index contributed by atoms with van der Waals surface area (Å²) in [5, 5.41) is 0. The SMILES string of the molecule is CCN(C1CC1)C(CN)C1CCC(C)CC1. The van der Waals surface area contributed by atoms with Gasteiger partial charge in [-0.25, -0.2) is 0 Å². The molecule has 2 saturated carbocycles. The van der Waals surface area contributed by atoms with Crippen molar-refractivity contribution in [1.29, 1.82) is 0 Å². The summed E-state index contributed by atoms with van der Waals surface area (Å²) in [5.41, 5.74) is 6.04. The minimum atomic E-state index is 0.671. The first-order valence-corrected chi connectivity index (χ1v) is 7.22. The van der Waals surface area contributed by atoms with E-state index in [2.05, 4.69) is 18.7 Å². The van der Waals surface area contributed by atoms with Crippen LogP contribution in [0.1, 0.15) is 52.4 Å². The monoisotopic (exact) mass is 224 g/mol. The molecule has 2 N–H and O–H groups in total. The lowest BCUT2D eigenvalue weighted by Crippen LogP contribution is -2.47. The Morgan fingerprint density at radius 1 is 1.12 bits per heavy atom. The van der Waals surface area contributed by atoms with E-state index in [1.807, 2.05) is 0 Å². The molecule has 2 aliphatic carbocycles. The van der Waals surface area contributed by atoms with Crippen molar-refractivity contribution in [2.75, 3.05) is 13.1 Å². The minimum absolute atomic E-state index is 0.671. The summed E-state index contributed by atoms with van der Waals surface area (Å²) in [6.07, 6.45) is 8.48. The zero-order valence-electron chi connectivity index (χ0n) is 11.0. The summed E-state index contributed by atoms with van der Waals surface area (Å²) >= 11 is 0. The van der Waals surface area contributed by atoms with Crippen LogP contribution in [0.2, 0.25) is 0 Å². The van der Waals surface area contributed by atoms with E-state index in [-0.39, 0.29) is 0 Å². The Bertz CT molecular complexity index is 205. The molecule has 0 radical (unpaired) electrons. The molecule has 1 unspecified atom stereocenters. The fourth-order valence-corrected chi connectivity index (χ4v) is 3.44. The number of hydrogen-bond donors (Lipinski definition) is 1. The van der Waals surface area contributed by atoms with E-state index in [4.69, 9.17) is 5.73 Å². The van der Waals surface area contributed by atoms with Gasteiger partial charge in [0.1, 0.15) is 0 Å². The van der Waals surface area contributed by atoms with Crippen molar-refractivity contribution >= 4 is 0 Å². The minimum Gasteiger partial charge on any atom is -0.329 e. The number of nitrogens with zero attached hydrogens (tertiary/aromatic N) is 1. The summed E-state index contributed by atoms with van der Waals surface area (Å²) in [6.45, 7) is 6.75. The molecule has 0 bridgehead atoms. The molecule has 0 aromatic rings. The van der Waals surface area contributed by atoms with Gasteiger partial charge in [-0.15, -0.1) is 0 Å². The molecule has 0 aliphatic heterocycles. The third-order valence-corrected chi connectivity index (χ3v) is 4.65. The topological polar surface area (TPSA) is 29.3 Å². The number of likely N-dealkylation sites (N-methyl/N-ethyl adjacent to an activating group) is 1. The maximum absolute atomic E-state index is 6.04. The number of rotatable bonds is 5. The lowest BCUT2D eigenvalue weighted by atomic mass is 9.78. The molecule has 2 rings (SSSR count). The van der Waals surface area contributed by atoms with Crippen LogP contribution in [-0.4, -0.2) is 30.1 Å². The number of hydrogen-bond acceptors (Lipinski definition) is 2. The molecule has 2 aliphatic rings. The normalized spacial score (nSPS) is 33.0. The molecule has 0 spiro atoms. The van der Waals surface area contributed by atoms with Gasteiger partial charge in [-0.3, -0.25) is 4.90 Å². The first kappa shape index (κ1) is 12.4. The first-order chi connectivity index (χ1) is 7.76. The molecule has 94 valence electrons. The van der Waals surface area contributed by atoms with Crippen molar-refractivity contribution in [3.63, 3.8) is 0 Å². The van der Waals surface area contributed by atoms with Crippen LogP contribution in [0.15, 0.2) is 0 Å². The molecule has 1 atom stereocenters. The van der Waals surface area contributed by atoms with Gasteiger partial charge in [0.05, 0.1) is 0 Å². The second kappa shape index (κ2) is 5.50. The Hall–Kier alpha value is -0.0800. The molecule has 2 fully saturated rings. The van der Waals surface area contributed by atoms with E-state index in [0.29, 0.717) is 6.04 Å². The van der Waals surface area contributed by atoms with Crippen LogP contribution in [0.25, 0.3) is 0 Å². The third kappa shape index (κ3) is 2.78. The number of nitrogens with two attached hydrogens (primary N) is 1. The van der Waals surface area contributed by atoms with Crippen LogP contribution in [0.5, 0.6) is 0 Å². The summed E-state index contributed by atoms with van der Waals surface area (Å²) in [5.74, 6) is 1.83. The Balaban J connectivity index is 1.92. The van der Waals surface area contributed by atoms with Gasteiger partial charge in [0.2, 0.25) is 0 Å². The maximum atomic E-state index is 6.04. The van der Waals surface area contributed by atoms with E-state index in [0.717, 1.165) is 24.4 Å². The lowest BCUT2D eigenvalue weighted by Gasteiger charge is -2.39. The fraction of sp³-hybridized carbons (Fsp3) is 1.00. The predicted octanol–water partition coefficient (Wildman–Crippen LogP) is 2.62. The third-order valence-electron chi connectivity index (χ3n) is 4.65. The average Bonchev–Trinajstić information content (AvgIpc) is 3.11. The van der Waals surface area contributed by atoms with Crippen LogP contribution in [0.3, 0.4) is 0 Å². The standard InChI is InChI=1S/C14H28N2/c1-3-16(13-8-9-13)14(10-15)12-6-4-11(2)5-7-12/h11-14H,3-10,15H2,1-2H3. The molecule has 16 heavy (non-hydrogen) atoms. The van der Waals surface area contributed by atoms with Gasteiger partial charge in [-0.2, -0.15) is 0 Å². The van der Waals surface area contributed by atoms with Crippen LogP contribution in [0.4, 0.5) is 0 Å². The summed E-state index contributed by atoms with van der Waals surface area (Å²) < 4.78 is 0. The fourth-order valence-electron chi connectivity index (χ4n) is 3.44. The molecular formula is C14H28N2. The maximum Gasteiger partial charge on any atom is 0.0249 e. The Morgan fingerprint density at radius 3 is 2.19 bits per heavy atom. The Morgan fingerprint density at radius 2 is 1.75 bits per heavy atom. The Kier molecular flexibility index (Phi) is 4.26. The predicted molar refractivity (Wildman–Crippen MR) is 69.4 cm³/mol. The van der Waals surface area contributed by atoms with Gasteiger partial charge in [-0.05, 0) is 44.1 Å². The van der Waals surface area contributed by atoms with Gasteiger partial charge >= 0.3 is 0 Å². The van der Waals surface area contributed by atoms with Crippen LogP contribution >= 0.6 is 0 Å². The average molecular weight is 224 g/mol. The van der Waals surface area contributed by atoms with Crippen molar-refractivity contribution in [2.45, 2.75) is 64.5 Å². The highest BCUT2D eigenvalue weighted by atomic mass is 15.2. The highest BCUT2D eigenvalue weighted by Crippen LogP contribution is 2.36. The second-order valence-electron chi connectivity index (χ2n) is 5.88. The quantitative estimate of drug-likeness (QED) is 0.778. The zero-order chi connectivity index (χ0) is 11.5. The highest BCUT2D eigenvalue weighted by Gasteiger charge is 2.36. The van der Waals surface area contributed by atoms with E-state index < -0.39 is 0 Å². The molecule has 0 aromatic carbocycles. The van der Waals surface area contributed by atoms with Crippen molar-refractivity contribution in [3.8, 4) is 0 Å². The lowest BCUT2D eigenvalue weighted by molar-refractivity contribution is 0.110. The van der Waals surface area contributed by atoms with Gasteiger partial charge in [0.15, 0.2) is 0 Å². The molecule has 2 heteroatoms. The first-order valence-electron chi connectivity index (χ1n) is 7.22. The molecule has 0 aromatic heterocycles. The molecule has 2 nitrogen and oxygen atoms in total. The smallest absolute Gasteiger partial charge is 0.0249 e. The summed E-state index contributed by atoms with van der Waals surface area (Å²) in [6, 6.07) is 1.54. The highest BCUT2D eigenvalue weighted by molar-refractivity contribution is 4.92. The molecular weight excluding hydrogens is 196 g/mol. The molecule has 0 saturated heterocycles. The largest absolute Gasteiger partial charge is 0.329 e. The molecule has 0 heterocycles. The Labute approximate surface area is 101 Å². The molecule has 0 amide bonds. The van der Waals surface area contributed by atoms with Crippen molar-refractivity contribution in [3.05, 3.63) is 0 Å². The van der Waals surface area contributed by atoms with Crippen LogP contribution < -0.4 is 5.73 Å². The summed E-state index contributed by atoms with van der Waals surface area (Å²) in [4.78, 5) is 2.70. The zero-order valence-corrected chi connectivity index (χ0v) is 11.0. The van der Waals surface area contributed by atoms with Gasteiger partial charge in [-0.1, -0.05) is 26.7 Å². The van der Waals surface area contributed by atoms with Crippen molar-refractivity contribution < 1.29 is 0 Å². The van der Waals surface area contributed by atoms with E-state index >= 15 is 0 Å². The van der Waals surface area contributed by atoms with E-state index in [1.165, 1.54) is 45.1 Å². The van der Waals surface area contributed by atoms with Crippen molar-refractivity contribution in [2.24, 2.45) is 17.6 Å². The van der Waals surface area contributed by atoms with Gasteiger partial charge < -0.3 is 5.73 Å². The van der Waals surface area contributed by atoms with Gasteiger partial charge in [0.25, 0.3) is 0 Å². The van der Waals surface area contributed by atoms with E-state index in [9.17, 15) is 0 Å². The second-order valence-corrected chi connectivity index (χ2v) is 5.88. The van der Waals surface area contributed by atoms with Crippen LogP contribution in [-0.2, 0) is 0 Å². The van der Waals surface area contributed by atoms with Gasteiger partial charge in [0, 0.05) is 18.6 Å². The van der Waals surface area contributed by atoms with Crippen molar-refractivity contribution in [1.82, 2.24) is 4.90 Å². The van der Waals surface area contributed by atoms with E-state index in [1.54, 1.807) is 0 Å². The summed E-state index contributed by atoms with van der Waals surface area (Å²) in [7, 11) is 0.